The highest BCUT2D eigenvalue weighted by atomic mass is 79.9. The summed E-state index contributed by atoms with van der Waals surface area (Å²) in [5.74, 6) is 1.06. The molecule has 1 aromatic carbocycles. The Bertz CT molecular complexity index is 647. The van der Waals surface area contributed by atoms with Crippen molar-refractivity contribution in [2.24, 2.45) is 11.8 Å². The quantitative estimate of drug-likeness (QED) is 0.885. The molecule has 0 aromatic heterocycles. The summed E-state index contributed by atoms with van der Waals surface area (Å²) in [6.45, 7) is 2.98. The van der Waals surface area contributed by atoms with Crippen LogP contribution in [-0.2, 0) is 16.6 Å². The van der Waals surface area contributed by atoms with Crippen molar-refractivity contribution in [3.05, 3.63) is 27.7 Å². The third-order valence-electron chi connectivity index (χ3n) is 4.77. The maximum Gasteiger partial charge on any atom is 0.244 e. The van der Waals surface area contributed by atoms with Gasteiger partial charge in [-0.15, -0.1) is 0 Å². The second kappa shape index (κ2) is 5.65. The smallest absolute Gasteiger partial charge is 0.244 e. The van der Waals surface area contributed by atoms with Gasteiger partial charge in [0.05, 0.1) is 11.5 Å². The molecule has 3 rings (SSSR count). The van der Waals surface area contributed by atoms with Crippen molar-refractivity contribution in [1.82, 2.24) is 4.31 Å². The summed E-state index contributed by atoms with van der Waals surface area (Å²) in [4.78, 5) is 0.284. The van der Waals surface area contributed by atoms with Crippen LogP contribution < -0.4 is 0 Å². The molecule has 2 unspecified atom stereocenters. The number of aryl methyl sites for hydroxylation is 1. The van der Waals surface area contributed by atoms with E-state index in [9.17, 15) is 13.5 Å². The first-order valence-corrected chi connectivity index (χ1v) is 9.57. The van der Waals surface area contributed by atoms with Gasteiger partial charge in [0.15, 0.2) is 0 Å². The first-order chi connectivity index (χ1) is 9.93. The van der Waals surface area contributed by atoms with Crippen LogP contribution in [0.3, 0.4) is 0 Å². The van der Waals surface area contributed by atoms with E-state index >= 15 is 0 Å². The molecule has 21 heavy (non-hydrogen) atoms. The number of aliphatic hydroxyl groups is 1. The first-order valence-electron chi connectivity index (χ1n) is 7.33. The molecule has 4 nitrogen and oxygen atoms in total. The Hall–Kier alpha value is -0.430. The van der Waals surface area contributed by atoms with Gasteiger partial charge in [-0.05, 0) is 64.7 Å². The Balaban J connectivity index is 1.97. The average molecular weight is 374 g/mol. The van der Waals surface area contributed by atoms with E-state index in [0.29, 0.717) is 35.0 Å². The third kappa shape index (κ3) is 2.67. The molecule has 1 N–H and O–H groups in total. The van der Waals surface area contributed by atoms with Crippen molar-refractivity contribution in [2.45, 2.75) is 37.7 Å². The van der Waals surface area contributed by atoms with Gasteiger partial charge in [-0.25, -0.2) is 8.42 Å². The fourth-order valence-electron chi connectivity index (χ4n) is 3.62. The molecule has 2 fully saturated rings. The predicted octanol–water partition coefficient (Wildman–Crippen LogP) is 2.67. The van der Waals surface area contributed by atoms with Crippen LogP contribution in [0.25, 0.3) is 0 Å². The minimum absolute atomic E-state index is 0.151. The number of sulfonamides is 1. The molecule has 6 heteroatoms. The Kier molecular flexibility index (Phi) is 4.16. The molecular weight excluding hydrogens is 354 g/mol. The highest BCUT2D eigenvalue weighted by Gasteiger charge is 2.42. The molecule has 1 heterocycles. The van der Waals surface area contributed by atoms with Crippen LogP contribution in [0.5, 0.6) is 0 Å². The number of benzene rings is 1. The lowest BCUT2D eigenvalue weighted by Gasteiger charge is -2.19. The number of hydrogen-bond acceptors (Lipinski definition) is 3. The van der Waals surface area contributed by atoms with Crippen molar-refractivity contribution in [3.63, 3.8) is 0 Å². The minimum atomic E-state index is -3.49. The Morgan fingerprint density at radius 2 is 1.90 bits per heavy atom. The van der Waals surface area contributed by atoms with Gasteiger partial charge in [-0.2, -0.15) is 4.31 Å². The van der Waals surface area contributed by atoms with E-state index in [0.717, 1.165) is 18.4 Å². The molecule has 1 aliphatic heterocycles. The Morgan fingerprint density at radius 3 is 2.48 bits per heavy atom. The monoisotopic (exact) mass is 373 g/mol. The number of rotatable bonds is 3. The molecular formula is C15H20BrNO3S. The molecule has 2 aliphatic rings. The zero-order chi connectivity index (χ0) is 15.2. The lowest BCUT2D eigenvalue weighted by atomic mass is 10.0. The molecule has 0 amide bonds. The summed E-state index contributed by atoms with van der Waals surface area (Å²) in [7, 11) is -3.49. The number of fused-ring (bicyclic) bond motifs is 1. The number of halogens is 1. The van der Waals surface area contributed by atoms with Gasteiger partial charge >= 0.3 is 0 Å². The Morgan fingerprint density at radius 1 is 1.29 bits per heavy atom. The van der Waals surface area contributed by atoms with Crippen LogP contribution in [-0.4, -0.2) is 30.9 Å². The van der Waals surface area contributed by atoms with E-state index in [1.165, 1.54) is 6.42 Å². The lowest BCUT2D eigenvalue weighted by molar-refractivity contribution is 0.281. The summed E-state index contributed by atoms with van der Waals surface area (Å²) in [6.07, 6.45) is 3.52. The topological polar surface area (TPSA) is 57.6 Å². The van der Waals surface area contributed by atoms with Crippen LogP contribution in [0.2, 0.25) is 0 Å². The van der Waals surface area contributed by atoms with Gasteiger partial charge in [0.1, 0.15) is 0 Å². The fraction of sp³-hybridized carbons (Fsp3) is 0.600. The summed E-state index contributed by atoms with van der Waals surface area (Å²) >= 11 is 3.40. The van der Waals surface area contributed by atoms with Crippen molar-refractivity contribution in [1.29, 1.82) is 0 Å². The van der Waals surface area contributed by atoms with E-state index in [1.54, 1.807) is 10.4 Å². The first kappa shape index (κ1) is 15.5. The van der Waals surface area contributed by atoms with Crippen LogP contribution >= 0.6 is 15.9 Å². The maximum atomic E-state index is 12.9. The van der Waals surface area contributed by atoms with Crippen LogP contribution in [0.4, 0.5) is 0 Å². The number of hydrogen-bond donors (Lipinski definition) is 1. The van der Waals surface area contributed by atoms with E-state index in [2.05, 4.69) is 15.9 Å². The van der Waals surface area contributed by atoms with E-state index in [4.69, 9.17) is 0 Å². The largest absolute Gasteiger partial charge is 0.392 e. The average Bonchev–Trinajstić information content (AvgIpc) is 3.02. The van der Waals surface area contributed by atoms with Gasteiger partial charge in [0, 0.05) is 17.6 Å². The summed E-state index contributed by atoms with van der Waals surface area (Å²) in [6, 6.07) is 3.39. The molecule has 1 aromatic rings. The van der Waals surface area contributed by atoms with Crippen LogP contribution in [0, 0.1) is 18.8 Å². The molecule has 1 aliphatic carbocycles. The van der Waals surface area contributed by atoms with E-state index < -0.39 is 10.0 Å². The van der Waals surface area contributed by atoms with Crippen molar-refractivity contribution < 1.29 is 13.5 Å². The van der Waals surface area contributed by atoms with Gasteiger partial charge in [0.2, 0.25) is 10.0 Å². The van der Waals surface area contributed by atoms with Gasteiger partial charge in [-0.1, -0.05) is 12.5 Å². The molecule has 1 saturated heterocycles. The lowest BCUT2D eigenvalue weighted by Crippen LogP contribution is -2.30. The second-order valence-corrected chi connectivity index (χ2v) is 8.86. The van der Waals surface area contributed by atoms with Crippen molar-refractivity contribution in [2.75, 3.05) is 13.1 Å². The Labute approximate surface area is 134 Å². The molecule has 116 valence electrons. The summed E-state index contributed by atoms with van der Waals surface area (Å²) < 4.78 is 28.1. The predicted molar refractivity (Wildman–Crippen MR) is 84.4 cm³/mol. The standard InChI is InChI=1S/C15H20BrNO3S/c1-10-5-11(9-18)6-14(15(10)16)21(19,20)17-7-12-3-2-4-13(12)8-17/h5-6,12-13,18H,2-4,7-9H2,1H3. The second-order valence-electron chi connectivity index (χ2n) is 6.16. The highest BCUT2D eigenvalue weighted by molar-refractivity contribution is 9.10. The summed E-state index contributed by atoms with van der Waals surface area (Å²) in [5, 5.41) is 9.32. The zero-order valence-corrected chi connectivity index (χ0v) is 14.5. The molecule has 0 radical (unpaired) electrons. The number of nitrogens with zero attached hydrogens (tertiary/aromatic N) is 1. The van der Waals surface area contributed by atoms with Gasteiger partial charge in [-0.3, -0.25) is 0 Å². The van der Waals surface area contributed by atoms with Gasteiger partial charge in [0.25, 0.3) is 0 Å². The number of aliphatic hydroxyl groups excluding tert-OH is 1. The highest BCUT2D eigenvalue weighted by Crippen LogP contribution is 2.41. The van der Waals surface area contributed by atoms with Crippen molar-refractivity contribution >= 4 is 26.0 Å². The molecule has 0 bridgehead atoms. The third-order valence-corrected chi connectivity index (χ3v) is 7.94. The van der Waals surface area contributed by atoms with Crippen LogP contribution in [0.15, 0.2) is 21.5 Å². The maximum absolute atomic E-state index is 12.9. The fourth-order valence-corrected chi connectivity index (χ4v) is 6.20. The van der Waals surface area contributed by atoms with E-state index in [-0.39, 0.29) is 11.5 Å². The SMILES string of the molecule is Cc1cc(CO)cc(S(=O)(=O)N2CC3CCCC3C2)c1Br. The molecule has 2 atom stereocenters. The minimum Gasteiger partial charge on any atom is -0.392 e. The molecule has 0 spiro atoms. The van der Waals surface area contributed by atoms with E-state index in [1.807, 2.05) is 13.0 Å². The normalized spacial score (nSPS) is 26.2. The van der Waals surface area contributed by atoms with Crippen molar-refractivity contribution in [3.8, 4) is 0 Å². The molecule has 1 saturated carbocycles. The summed E-state index contributed by atoms with van der Waals surface area (Å²) in [5.41, 5.74) is 1.47. The zero-order valence-electron chi connectivity index (χ0n) is 12.0. The van der Waals surface area contributed by atoms with Crippen LogP contribution in [0.1, 0.15) is 30.4 Å². The van der Waals surface area contributed by atoms with Gasteiger partial charge < -0.3 is 5.11 Å².